The van der Waals surface area contributed by atoms with Gasteiger partial charge in [0.05, 0.1) is 37.8 Å². The third kappa shape index (κ3) is 5.67. The van der Waals surface area contributed by atoms with E-state index in [0.717, 1.165) is 16.3 Å². The van der Waals surface area contributed by atoms with Gasteiger partial charge in [0.15, 0.2) is 18.1 Å². The van der Waals surface area contributed by atoms with Gasteiger partial charge in [-0.2, -0.15) is 10.1 Å². The van der Waals surface area contributed by atoms with Crippen molar-refractivity contribution in [3.05, 3.63) is 71.0 Å². The Morgan fingerprint density at radius 3 is 2.39 bits per heavy atom. The van der Waals surface area contributed by atoms with Crippen molar-refractivity contribution in [1.82, 2.24) is 4.98 Å². The van der Waals surface area contributed by atoms with Crippen molar-refractivity contribution in [1.29, 1.82) is 0 Å². The van der Waals surface area contributed by atoms with Crippen LogP contribution in [-0.4, -0.2) is 45.0 Å². The lowest BCUT2D eigenvalue weighted by Crippen LogP contribution is -2.30. The molecule has 1 amide bonds. The Kier molecular flexibility index (Phi) is 7.87. The van der Waals surface area contributed by atoms with Crippen LogP contribution in [0.5, 0.6) is 23.0 Å². The van der Waals surface area contributed by atoms with Crippen molar-refractivity contribution in [3.8, 4) is 23.0 Å². The van der Waals surface area contributed by atoms with Crippen molar-refractivity contribution < 1.29 is 28.1 Å². The summed E-state index contributed by atoms with van der Waals surface area (Å²) in [7, 11) is 4.51. The van der Waals surface area contributed by atoms with Crippen molar-refractivity contribution in [3.63, 3.8) is 0 Å². The largest absolute Gasteiger partial charge is 0.493 e. The molecule has 0 atom stereocenters. The summed E-state index contributed by atoms with van der Waals surface area (Å²) in [6.07, 6.45) is 1.46. The SMILES string of the molecule is COc1cc(/C=N/N(C(=O)COc2ccc(Cl)cc2)c2nc3ccc(F)cc3s2)cc(OC)c1OC. The summed E-state index contributed by atoms with van der Waals surface area (Å²) in [6, 6.07) is 14.2. The van der Waals surface area contributed by atoms with Crippen molar-refractivity contribution in [2.45, 2.75) is 0 Å². The number of methoxy groups -OCH3 is 3. The highest BCUT2D eigenvalue weighted by molar-refractivity contribution is 7.22. The molecule has 1 aromatic heterocycles. The van der Waals surface area contributed by atoms with E-state index in [-0.39, 0.29) is 11.7 Å². The van der Waals surface area contributed by atoms with E-state index in [1.54, 1.807) is 42.5 Å². The minimum absolute atomic E-state index is 0.254. The molecule has 0 saturated heterocycles. The number of ether oxygens (including phenoxy) is 4. The summed E-state index contributed by atoms with van der Waals surface area (Å²) >= 11 is 7.03. The quantitative estimate of drug-likeness (QED) is 0.208. The van der Waals surface area contributed by atoms with E-state index in [4.69, 9.17) is 30.5 Å². The van der Waals surface area contributed by atoms with Crippen LogP contribution in [0.3, 0.4) is 0 Å². The maximum Gasteiger partial charge on any atom is 0.287 e. The van der Waals surface area contributed by atoms with Crippen LogP contribution in [0.15, 0.2) is 59.7 Å². The second-order valence-electron chi connectivity index (χ2n) is 7.26. The highest BCUT2D eigenvalue weighted by atomic mass is 35.5. The summed E-state index contributed by atoms with van der Waals surface area (Å²) in [5.41, 5.74) is 1.11. The number of halogens is 2. The number of amides is 1. The van der Waals surface area contributed by atoms with E-state index in [1.807, 2.05) is 0 Å². The highest BCUT2D eigenvalue weighted by Crippen LogP contribution is 2.38. The average Bonchev–Trinajstić information content (AvgIpc) is 3.30. The van der Waals surface area contributed by atoms with Crippen LogP contribution in [0, 0.1) is 5.82 Å². The summed E-state index contributed by atoms with van der Waals surface area (Å²) < 4.78 is 36.0. The summed E-state index contributed by atoms with van der Waals surface area (Å²) in [5.74, 6) is 0.855. The average molecular weight is 530 g/mol. The van der Waals surface area contributed by atoms with Gasteiger partial charge < -0.3 is 18.9 Å². The van der Waals surface area contributed by atoms with Gasteiger partial charge in [-0.25, -0.2) is 9.37 Å². The van der Waals surface area contributed by atoms with Crippen LogP contribution in [-0.2, 0) is 4.79 Å². The lowest BCUT2D eigenvalue weighted by atomic mass is 10.2. The molecule has 0 bridgehead atoms. The molecule has 0 saturated carbocycles. The molecule has 0 radical (unpaired) electrons. The van der Waals surface area contributed by atoms with E-state index in [2.05, 4.69) is 10.1 Å². The van der Waals surface area contributed by atoms with Gasteiger partial charge in [0.25, 0.3) is 5.91 Å². The summed E-state index contributed by atoms with van der Waals surface area (Å²) in [6.45, 7) is -0.321. The van der Waals surface area contributed by atoms with E-state index in [0.29, 0.717) is 43.8 Å². The number of carbonyl (C=O) groups excluding carboxylic acids is 1. The van der Waals surface area contributed by atoms with Crippen LogP contribution < -0.4 is 24.0 Å². The Labute approximate surface area is 215 Å². The number of anilines is 1. The Balaban J connectivity index is 1.67. The lowest BCUT2D eigenvalue weighted by Gasteiger charge is -2.15. The zero-order chi connectivity index (χ0) is 25.7. The minimum Gasteiger partial charge on any atom is -0.493 e. The molecule has 11 heteroatoms. The van der Waals surface area contributed by atoms with Crippen LogP contribution in [0.2, 0.25) is 5.02 Å². The van der Waals surface area contributed by atoms with E-state index < -0.39 is 11.7 Å². The van der Waals surface area contributed by atoms with Gasteiger partial charge in [-0.05, 0) is 54.6 Å². The zero-order valence-electron chi connectivity index (χ0n) is 19.5. The highest BCUT2D eigenvalue weighted by Gasteiger charge is 2.21. The van der Waals surface area contributed by atoms with Crippen LogP contribution in [0.25, 0.3) is 10.2 Å². The standard InChI is InChI=1S/C25H21ClFN3O5S/c1-32-20-10-15(11-21(33-2)24(20)34-3)13-28-30(23(31)14-35-18-7-4-16(26)5-8-18)25-29-19-9-6-17(27)12-22(19)36-25/h4-13H,14H2,1-3H3/b28-13+. The molecule has 0 spiro atoms. The molecule has 0 aliphatic carbocycles. The third-order valence-corrected chi connectivity index (χ3v) is 6.19. The predicted molar refractivity (Wildman–Crippen MR) is 138 cm³/mol. The predicted octanol–water partition coefficient (Wildman–Crippen LogP) is 5.56. The molecular formula is C25H21ClFN3O5S. The molecule has 0 fully saturated rings. The third-order valence-electron chi connectivity index (χ3n) is 4.94. The molecule has 3 aromatic carbocycles. The Morgan fingerprint density at radius 1 is 1.06 bits per heavy atom. The number of nitrogens with zero attached hydrogens (tertiary/aromatic N) is 3. The van der Waals surface area contributed by atoms with E-state index in [1.165, 1.54) is 39.7 Å². The molecule has 0 unspecified atom stereocenters. The van der Waals surface area contributed by atoms with Crippen LogP contribution in [0.1, 0.15) is 5.56 Å². The zero-order valence-corrected chi connectivity index (χ0v) is 21.1. The Hall–Kier alpha value is -3.89. The molecule has 4 aromatic rings. The number of fused-ring (bicyclic) bond motifs is 1. The fourth-order valence-electron chi connectivity index (χ4n) is 3.23. The number of aromatic nitrogens is 1. The Bertz CT molecular complexity index is 1390. The molecule has 36 heavy (non-hydrogen) atoms. The second kappa shape index (κ2) is 11.2. The first-order chi connectivity index (χ1) is 17.4. The number of hydrogen-bond acceptors (Lipinski definition) is 8. The lowest BCUT2D eigenvalue weighted by molar-refractivity contribution is -0.120. The van der Waals surface area contributed by atoms with E-state index >= 15 is 0 Å². The van der Waals surface area contributed by atoms with Crippen LogP contribution in [0.4, 0.5) is 9.52 Å². The normalized spacial score (nSPS) is 11.0. The summed E-state index contributed by atoms with van der Waals surface area (Å²) in [5, 5.41) is 6.29. The maximum atomic E-state index is 13.7. The van der Waals surface area contributed by atoms with Crippen molar-refractivity contribution in [2.24, 2.45) is 5.10 Å². The van der Waals surface area contributed by atoms with Gasteiger partial charge in [-0.15, -0.1) is 0 Å². The molecule has 186 valence electrons. The number of hydrogen-bond donors (Lipinski definition) is 0. The number of hydrazone groups is 1. The fraction of sp³-hybridized carbons (Fsp3) is 0.160. The molecule has 0 aliphatic rings. The first-order valence-electron chi connectivity index (χ1n) is 10.5. The Morgan fingerprint density at radius 2 is 1.75 bits per heavy atom. The molecule has 4 rings (SSSR count). The first kappa shape index (κ1) is 25.2. The van der Waals surface area contributed by atoms with Crippen molar-refractivity contribution in [2.75, 3.05) is 32.9 Å². The second-order valence-corrected chi connectivity index (χ2v) is 8.71. The van der Waals surface area contributed by atoms with Crippen LogP contribution >= 0.6 is 22.9 Å². The van der Waals surface area contributed by atoms with Gasteiger partial charge in [0.2, 0.25) is 10.9 Å². The molecule has 8 nitrogen and oxygen atoms in total. The summed E-state index contributed by atoms with van der Waals surface area (Å²) in [4.78, 5) is 17.6. The number of thiazole rings is 1. The van der Waals surface area contributed by atoms with Gasteiger partial charge in [0, 0.05) is 10.6 Å². The van der Waals surface area contributed by atoms with Crippen molar-refractivity contribution >= 4 is 50.4 Å². The topological polar surface area (TPSA) is 82.5 Å². The van der Waals surface area contributed by atoms with E-state index in [9.17, 15) is 9.18 Å². The van der Waals surface area contributed by atoms with Gasteiger partial charge in [0.1, 0.15) is 11.6 Å². The van der Waals surface area contributed by atoms with Gasteiger partial charge >= 0.3 is 0 Å². The monoisotopic (exact) mass is 529 g/mol. The smallest absolute Gasteiger partial charge is 0.287 e. The molecule has 1 heterocycles. The molecular weight excluding hydrogens is 509 g/mol. The van der Waals surface area contributed by atoms with Gasteiger partial charge in [-0.3, -0.25) is 4.79 Å². The van der Waals surface area contributed by atoms with Gasteiger partial charge in [-0.1, -0.05) is 22.9 Å². The number of benzene rings is 3. The minimum atomic E-state index is -0.492. The maximum absolute atomic E-state index is 13.7. The number of carbonyl (C=O) groups is 1. The first-order valence-corrected chi connectivity index (χ1v) is 11.7. The molecule has 0 aliphatic heterocycles. The molecule has 0 N–H and O–H groups in total. The fourth-order valence-corrected chi connectivity index (χ4v) is 4.33. The number of rotatable bonds is 9.